The van der Waals surface area contributed by atoms with E-state index in [0.29, 0.717) is 11.5 Å². The highest BCUT2D eigenvalue weighted by Gasteiger charge is 1.97. The second-order valence-corrected chi connectivity index (χ2v) is 3.06. The molecule has 0 aromatic heterocycles. The lowest BCUT2D eigenvalue weighted by Crippen LogP contribution is -2.00. The van der Waals surface area contributed by atoms with Gasteiger partial charge in [0, 0.05) is 0 Å². The molecule has 0 heterocycles. The Bertz CT molecular complexity index is 390. The smallest absolute Gasteiger partial charge is 0.292 e. The molecule has 0 bridgehead atoms. The maximum Gasteiger partial charge on any atom is 0.292 e. The molecule has 0 radical (unpaired) electrons. The molecule has 1 rings (SSSR count). The lowest BCUT2D eigenvalue weighted by atomic mass is 10.3. The molecule has 4 nitrogen and oxygen atoms in total. The van der Waals surface area contributed by atoms with E-state index in [1.165, 1.54) is 0 Å². The number of benzene rings is 1. The van der Waals surface area contributed by atoms with Crippen LogP contribution in [0.25, 0.3) is 0 Å². The van der Waals surface area contributed by atoms with E-state index in [9.17, 15) is 5.11 Å². The van der Waals surface area contributed by atoms with Crippen molar-refractivity contribution in [1.29, 1.82) is 5.26 Å². The van der Waals surface area contributed by atoms with Gasteiger partial charge in [-0.1, -0.05) is 6.92 Å². The van der Waals surface area contributed by atoms with Gasteiger partial charge in [-0.25, -0.2) is 0 Å². The second-order valence-electron chi connectivity index (χ2n) is 3.06. The van der Waals surface area contributed by atoms with Gasteiger partial charge in [-0.3, -0.25) is 0 Å². The van der Waals surface area contributed by atoms with E-state index < -0.39 is 0 Å². The monoisotopic (exact) mass is 219 g/mol. The predicted molar refractivity (Wildman–Crippen MR) is 59.2 cm³/mol. The Balaban J connectivity index is 2.50. The molecule has 0 amide bonds. The Hall–Kier alpha value is -2.15. The number of aliphatic hydroxyl groups excluding tert-OH is 1. The van der Waals surface area contributed by atoms with Gasteiger partial charge in [0.2, 0.25) is 0 Å². The molecule has 16 heavy (non-hydrogen) atoms. The summed E-state index contributed by atoms with van der Waals surface area (Å²) in [5.41, 5.74) is 0. The van der Waals surface area contributed by atoms with Crippen LogP contribution >= 0.6 is 0 Å². The minimum Gasteiger partial charge on any atom is -0.509 e. The third-order valence-corrected chi connectivity index (χ3v) is 1.81. The molecule has 1 aromatic carbocycles. The van der Waals surface area contributed by atoms with Crippen molar-refractivity contribution in [2.75, 3.05) is 6.61 Å². The van der Waals surface area contributed by atoms with Crippen LogP contribution in [0.15, 0.2) is 36.1 Å². The number of nitriles is 1. The van der Waals surface area contributed by atoms with Gasteiger partial charge in [0.1, 0.15) is 23.9 Å². The first-order chi connectivity index (χ1) is 7.76. The van der Waals surface area contributed by atoms with Crippen LogP contribution in [0.1, 0.15) is 13.3 Å². The minimum atomic E-state index is 0.145. The van der Waals surface area contributed by atoms with Gasteiger partial charge < -0.3 is 14.6 Å². The molecule has 1 N–H and O–H groups in total. The van der Waals surface area contributed by atoms with Gasteiger partial charge in [0.05, 0.1) is 0 Å². The molecule has 84 valence electrons. The first-order valence-electron chi connectivity index (χ1n) is 4.93. The number of hydrogen-bond acceptors (Lipinski definition) is 4. The molecule has 0 aliphatic carbocycles. The van der Waals surface area contributed by atoms with Gasteiger partial charge in [0.25, 0.3) is 6.26 Å². The SMILES string of the molecule is CC/C=C(/O)COc1ccc(OC#N)cc1. The van der Waals surface area contributed by atoms with Crippen LogP contribution in [0.4, 0.5) is 0 Å². The Kier molecular flexibility index (Phi) is 4.74. The maximum atomic E-state index is 9.32. The van der Waals surface area contributed by atoms with E-state index in [-0.39, 0.29) is 12.4 Å². The normalized spacial score (nSPS) is 10.6. The first kappa shape index (κ1) is 11.9. The molecule has 4 heteroatoms. The number of rotatable bonds is 5. The van der Waals surface area contributed by atoms with E-state index in [2.05, 4.69) is 4.74 Å². The Morgan fingerprint density at radius 1 is 1.38 bits per heavy atom. The van der Waals surface area contributed by atoms with Crippen LogP contribution in [0.3, 0.4) is 0 Å². The highest BCUT2D eigenvalue weighted by Crippen LogP contribution is 2.17. The van der Waals surface area contributed by atoms with Crippen molar-refractivity contribution in [3.8, 4) is 17.8 Å². The maximum absolute atomic E-state index is 9.32. The number of hydrogen-bond donors (Lipinski definition) is 1. The minimum absolute atomic E-state index is 0.145. The highest BCUT2D eigenvalue weighted by molar-refractivity contribution is 5.31. The summed E-state index contributed by atoms with van der Waals surface area (Å²) in [7, 11) is 0. The zero-order chi connectivity index (χ0) is 11.8. The van der Waals surface area contributed by atoms with E-state index in [1.54, 1.807) is 36.6 Å². The topological polar surface area (TPSA) is 62.5 Å². The van der Waals surface area contributed by atoms with Crippen molar-refractivity contribution in [3.63, 3.8) is 0 Å². The fraction of sp³-hybridized carbons (Fsp3) is 0.250. The average molecular weight is 219 g/mol. The van der Waals surface area contributed by atoms with Crippen molar-refractivity contribution in [2.24, 2.45) is 0 Å². The fourth-order valence-electron chi connectivity index (χ4n) is 1.11. The molecule has 0 unspecified atom stereocenters. The van der Waals surface area contributed by atoms with Gasteiger partial charge in [0.15, 0.2) is 0 Å². The second kappa shape index (κ2) is 6.36. The molecule has 0 saturated carbocycles. The van der Waals surface area contributed by atoms with Crippen molar-refractivity contribution < 1.29 is 14.6 Å². The van der Waals surface area contributed by atoms with E-state index >= 15 is 0 Å². The lowest BCUT2D eigenvalue weighted by Gasteiger charge is -2.05. The molecule has 0 saturated heterocycles. The van der Waals surface area contributed by atoms with Gasteiger partial charge in [-0.2, -0.15) is 0 Å². The Labute approximate surface area is 94.3 Å². The molecular weight excluding hydrogens is 206 g/mol. The summed E-state index contributed by atoms with van der Waals surface area (Å²) in [4.78, 5) is 0. The molecule has 0 fully saturated rings. The predicted octanol–water partition coefficient (Wildman–Crippen LogP) is 2.78. The van der Waals surface area contributed by atoms with E-state index in [4.69, 9.17) is 10.00 Å². The Morgan fingerprint density at radius 3 is 2.56 bits per heavy atom. The van der Waals surface area contributed by atoms with Crippen LogP contribution in [0.5, 0.6) is 11.5 Å². The zero-order valence-electron chi connectivity index (χ0n) is 9.01. The summed E-state index contributed by atoms with van der Waals surface area (Å²) < 4.78 is 9.91. The third-order valence-electron chi connectivity index (χ3n) is 1.81. The van der Waals surface area contributed by atoms with Gasteiger partial charge >= 0.3 is 0 Å². The number of ether oxygens (including phenoxy) is 2. The van der Waals surface area contributed by atoms with Gasteiger partial charge in [-0.15, -0.1) is 5.26 Å². The molecular formula is C12H13NO3. The fourth-order valence-corrected chi connectivity index (χ4v) is 1.11. The lowest BCUT2D eigenvalue weighted by molar-refractivity contribution is 0.269. The largest absolute Gasteiger partial charge is 0.509 e. The standard InChI is InChI=1S/C12H13NO3/c1-2-3-10(14)8-15-11-4-6-12(7-5-11)16-9-13/h3-7,14H,2,8H2,1H3/b10-3+. The number of aliphatic hydroxyl groups is 1. The van der Waals surface area contributed by atoms with Crippen molar-refractivity contribution >= 4 is 0 Å². The molecule has 0 atom stereocenters. The van der Waals surface area contributed by atoms with Crippen molar-refractivity contribution in [2.45, 2.75) is 13.3 Å². The average Bonchev–Trinajstić information content (AvgIpc) is 2.29. The Morgan fingerprint density at radius 2 is 2.00 bits per heavy atom. The van der Waals surface area contributed by atoms with E-state index in [0.717, 1.165) is 6.42 Å². The molecule has 0 spiro atoms. The summed E-state index contributed by atoms with van der Waals surface area (Å²) in [6.07, 6.45) is 4.04. The van der Waals surface area contributed by atoms with Crippen LogP contribution in [0, 0.1) is 11.5 Å². The van der Waals surface area contributed by atoms with Gasteiger partial charge in [-0.05, 0) is 36.8 Å². The third kappa shape index (κ3) is 3.93. The quantitative estimate of drug-likeness (QED) is 0.611. The highest BCUT2D eigenvalue weighted by atomic mass is 16.5. The number of nitrogens with zero attached hydrogens (tertiary/aromatic N) is 1. The summed E-state index contributed by atoms with van der Waals surface area (Å²) in [6.45, 7) is 2.08. The summed E-state index contributed by atoms with van der Waals surface area (Å²) in [6, 6.07) is 6.59. The van der Waals surface area contributed by atoms with Crippen LogP contribution in [-0.4, -0.2) is 11.7 Å². The number of allylic oxidation sites excluding steroid dienone is 1. The molecule has 1 aromatic rings. The van der Waals surface area contributed by atoms with Crippen LogP contribution in [-0.2, 0) is 0 Å². The summed E-state index contributed by atoms with van der Waals surface area (Å²) in [5, 5.41) is 17.6. The summed E-state index contributed by atoms with van der Waals surface area (Å²) in [5.74, 6) is 1.28. The van der Waals surface area contributed by atoms with Crippen molar-refractivity contribution in [3.05, 3.63) is 36.1 Å². The summed E-state index contributed by atoms with van der Waals surface area (Å²) >= 11 is 0. The molecule has 0 aliphatic rings. The first-order valence-corrected chi connectivity index (χ1v) is 4.93. The van der Waals surface area contributed by atoms with E-state index in [1.807, 2.05) is 6.92 Å². The van der Waals surface area contributed by atoms with Crippen LogP contribution < -0.4 is 9.47 Å². The zero-order valence-corrected chi connectivity index (χ0v) is 9.01. The van der Waals surface area contributed by atoms with Crippen LogP contribution in [0.2, 0.25) is 0 Å². The molecule has 0 aliphatic heterocycles. The van der Waals surface area contributed by atoms with Crippen molar-refractivity contribution in [1.82, 2.24) is 0 Å².